The Morgan fingerprint density at radius 1 is 0.955 bits per heavy atom. The zero-order valence-electron chi connectivity index (χ0n) is 13.4. The molecule has 0 aliphatic heterocycles. The molecular formula is C20H22N2. The van der Waals surface area contributed by atoms with Crippen LogP contribution < -0.4 is 5.73 Å². The van der Waals surface area contributed by atoms with Gasteiger partial charge in [0.1, 0.15) is 0 Å². The summed E-state index contributed by atoms with van der Waals surface area (Å²) in [6, 6.07) is 17.1. The van der Waals surface area contributed by atoms with Gasteiger partial charge in [0, 0.05) is 18.1 Å². The zero-order valence-corrected chi connectivity index (χ0v) is 13.4. The Hall–Kier alpha value is -2.19. The van der Waals surface area contributed by atoms with Gasteiger partial charge in [0.15, 0.2) is 0 Å². The van der Waals surface area contributed by atoms with Crippen LogP contribution in [0.4, 0.5) is 0 Å². The van der Waals surface area contributed by atoms with E-state index in [1.54, 1.807) is 0 Å². The smallest absolute Gasteiger partial charge is 0.0753 e. The highest BCUT2D eigenvalue weighted by atomic mass is 14.7. The number of hydrogen-bond acceptors (Lipinski definition) is 2. The highest BCUT2D eigenvalue weighted by molar-refractivity contribution is 5.95. The Morgan fingerprint density at radius 3 is 2.32 bits per heavy atom. The van der Waals surface area contributed by atoms with E-state index in [4.69, 9.17) is 5.73 Å². The van der Waals surface area contributed by atoms with Crippen molar-refractivity contribution in [2.45, 2.75) is 32.7 Å². The minimum atomic E-state index is 0.172. The van der Waals surface area contributed by atoms with Gasteiger partial charge in [-0.3, -0.25) is 4.98 Å². The van der Waals surface area contributed by atoms with Crippen molar-refractivity contribution in [1.29, 1.82) is 0 Å². The molecule has 22 heavy (non-hydrogen) atoms. The van der Waals surface area contributed by atoms with E-state index >= 15 is 0 Å². The fourth-order valence-electron chi connectivity index (χ4n) is 2.80. The van der Waals surface area contributed by atoms with E-state index in [1.165, 1.54) is 16.7 Å². The molecular weight excluding hydrogens is 268 g/mol. The standard InChI is InChI=1S/C20H22N2/c1-20(2,3)16-9-7-14(8-10-16)17-11-12-22-19-15(13-21)5-4-6-18(17)19/h4-12H,13,21H2,1-3H3. The average molecular weight is 290 g/mol. The summed E-state index contributed by atoms with van der Waals surface area (Å²) in [5, 5.41) is 1.16. The molecule has 0 amide bonds. The molecule has 0 aliphatic rings. The fourth-order valence-corrected chi connectivity index (χ4v) is 2.80. The SMILES string of the molecule is CC(C)(C)c1ccc(-c2ccnc3c(CN)cccc23)cc1. The largest absolute Gasteiger partial charge is 0.326 e. The van der Waals surface area contributed by atoms with E-state index in [-0.39, 0.29) is 5.41 Å². The lowest BCUT2D eigenvalue weighted by atomic mass is 9.86. The van der Waals surface area contributed by atoms with Crippen LogP contribution in [0.3, 0.4) is 0 Å². The second-order valence-electron chi connectivity index (χ2n) is 6.70. The van der Waals surface area contributed by atoms with Gasteiger partial charge in [0.05, 0.1) is 5.52 Å². The molecule has 0 bridgehead atoms. The summed E-state index contributed by atoms with van der Waals surface area (Å²) in [5.74, 6) is 0. The molecule has 0 saturated carbocycles. The van der Waals surface area contributed by atoms with Gasteiger partial charge >= 0.3 is 0 Å². The summed E-state index contributed by atoms with van der Waals surface area (Å²) in [7, 11) is 0. The lowest BCUT2D eigenvalue weighted by Crippen LogP contribution is -2.10. The van der Waals surface area contributed by atoms with Gasteiger partial charge in [-0.25, -0.2) is 0 Å². The molecule has 0 aliphatic carbocycles. The van der Waals surface area contributed by atoms with Gasteiger partial charge in [-0.15, -0.1) is 0 Å². The summed E-state index contributed by atoms with van der Waals surface area (Å²) < 4.78 is 0. The first-order valence-electron chi connectivity index (χ1n) is 7.68. The second-order valence-corrected chi connectivity index (χ2v) is 6.70. The van der Waals surface area contributed by atoms with E-state index in [0.29, 0.717) is 6.54 Å². The predicted octanol–water partition coefficient (Wildman–Crippen LogP) is 4.66. The molecule has 0 unspecified atom stereocenters. The van der Waals surface area contributed by atoms with Crippen molar-refractivity contribution in [3.05, 3.63) is 65.9 Å². The Bertz CT molecular complexity index is 796. The van der Waals surface area contributed by atoms with Gasteiger partial charge < -0.3 is 5.73 Å². The predicted molar refractivity (Wildman–Crippen MR) is 93.8 cm³/mol. The third-order valence-corrected chi connectivity index (χ3v) is 4.14. The van der Waals surface area contributed by atoms with Crippen molar-refractivity contribution in [1.82, 2.24) is 4.98 Å². The van der Waals surface area contributed by atoms with Crippen LogP contribution >= 0.6 is 0 Å². The van der Waals surface area contributed by atoms with E-state index in [2.05, 4.69) is 68.2 Å². The Morgan fingerprint density at radius 2 is 1.68 bits per heavy atom. The first kappa shape index (κ1) is 14.7. The van der Waals surface area contributed by atoms with Gasteiger partial charge in [-0.05, 0) is 33.7 Å². The molecule has 1 heterocycles. The van der Waals surface area contributed by atoms with E-state index in [9.17, 15) is 0 Å². The second kappa shape index (κ2) is 5.54. The number of nitrogens with two attached hydrogens (primary N) is 1. The first-order valence-corrected chi connectivity index (χ1v) is 7.68. The van der Waals surface area contributed by atoms with Crippen LogP contribution in [0, 0.1) is 0 Å². The summed E-state index contributed by atoms with van der Waals surface area (Å²) >= 11 is 0. The van der Waals surface area contributed by atoms with E-state index in [1.807, 2.05) is 12.3 Å². The number of pyridine rings is 1. The molecule has 2 N–H and O–H groups in total. The normalized spacial score (nSPS) is 11.8. The number of rotatable bonds is 2. The fraction of sp³-hybridized carbons (Fsp3) is 0.250. The van der Waals surface area contributed by atoms with Crippen molar-refractivity contribution in [2.24, 2.45) is 5.73 Å². The monoisotopic (exact) mass is 290 g/mol. The molecule has 2 aromatic carbocycles. The minimum absolute atomic E-state index is 0.172. The maximum atomic E-state index is 5.83. The van der Waals surface area contributed by atoms with Crippen LogP contribution in [0.2, 0.25) is 0 Å². The molecule has 2 heteroatoms. The highest BCUT2D eigenvalue weighted by Crippen LogP contribution is 2.31. The van der Waals surface area contributed by atoms with E-state index in [0.717, 1.165) is 16.5 Å². The van der Waals surface area contributed by atoms with Crippen LogP contribution in [0.5, 0.6) is 0 Å². The van der Waals surface area contributed by atoms with Gasteiger partial charge in [0.25, 0.3) is 0 Å². The minimum Gasteiger partial charge on any atom is -0.326 e. The molecule has 112 valence electrons. The number of nitrogens with zero attached hydrogens (tertiary/aromatic N) is 1. The van der Waals surface area contributed by atoms with Crippen molar-refractivity contribution >= 4 is 10.9 Å². The van der Waals surface area contributed by atoms with Crippen molar-refractivity contribution in [3.8, 4) is 11.1 Å². The van der Waals surface area contributed by atoms with Gasteiger partial charge in [-0.2, -0.15) is 0 Å². The van der Waals surface area contributed by atoms with Crippen LogP contribution in [0.15, 0.2) is 54.7 Å². The third kappa shape index (κ3) is 2.62. The molecule has 0 radical (unpaired) electrons. The van der Waals surface area contributed by atoms with Crippen LogP contribution in [0.25, 0.3) is 22.0 Å². The third-order valence-electron chi connectivity index (χ3n) is 4.14. The quantitative estimate of drug-likeness (QED) is 0.745. The summed E-state index contributed by atoms with van der Waals surface area (Å²) in [6.07, 6.45) is 1.87. The maximum absolute atomic E-state index is 5.83. The summed E-state index contributed by atoms with van der Waals surface area (Å²) in [4.78, 5) is 4.51. The first-order chi connectivity index (χ1) is 10.5. The molecule has 0 fully saturated rings. The zero-order chi connectivity index (χ0) is 15.7. The van der Waals surface area contributed by atoms with Crippen molar-refractivity contribution < 1.29 is 0 Å². The topological polar surface area (TPSA) is 38.9 Å². The number of hydrogen-bond donors (Lipinski definition) is 1. The molecule has 0 spiro atoms. The molecule has 0 atom stereocenters. The van der Waals surface area contributed by atoms with E-state index < -0.39 is 0 Å². The summed E-state index contributed by atoms with van der Waals surface area (Å²) in [5.41, 5.74) is 11.9. The van der Waals surface area contributed by atoms with Crippen molar-refractivity contribution in [3.63, 3.8) is 0 Å². The number of aromatic nitrogens is 1. The Kier molecular flexibility index (Phi) is 3.71. The average Bonchev–Trinajstić information content (AvgIpc) is 2.53. The molecule has 1 aromatic heterocycles. The number of benzene rings is 2. The molecule has 3 rings (SSSR count). The number of fused-ring (bicyclic) bond motifs is 1. The van der Waals surface area contributed by atoms with Crippen LogP contribution in [-0.2, 0) is 12.0 Å². The molecule has 0 saturated heterocycles. The van der Waals surface area contributed by atoms with Crippen molar-refractivity contribution in [2.75, 3.05) is 0 Å². The van der Waals surface area contributed by atoms with Gasteiger partial charge in [0.2, 0.25) is 0 Å². The van der Waals surface area contributed by atoms with Crippen LogP contribution in [0.1, 0.15) is 31.9 Å². The highest BCUT2D eigenvalue weighted by Gasteiger charge is 2.14. The molecule has 2 nitrogen and oxygen atoms in total. The lowest BCUT2D eigenvalue weighted by molar-refractivity contribution is 0.590. The maximum Gasteiger partial charge on any atom is 0.0753 e. The molecule has 3 aromatic rings. The Labute approximate surface area is 132 Å². The van der Waals surface area contributed by atoms with Crippen LogP contribution in [-0.4, -0.2) is 4.98 Å². The summed E-state index contributed by atoms with van der Waals surface area (Å²) in [6.45, 7) is 7.21. The van der Waals surface area contributed by atoms with Gasteiger partial charge in [-0.1, -0.05) is 63.2 Å². The Balaban J connectivity index is 2.14. The number of para-hydroxylation sites is 1. The lowest BCUT2D eigenvalue weighted by Gasteiger charge is -2.19.